The predicted octanol–water partition coefficient (Wildman–Crippen LogP) is 0.0625. The highest BCUT2D eigenvalue weighted by Crippen LogP contribution is 2.29. The van der Waals surface area contributed by atoms with Gasteiger partial charge in [-0.1, -0.05) is 23.5 Å². The molecule has 0 saturated carbocycles. The minimum atomic E-state index is -0.428. The Morgan fingerprint density at radius 2 is 1.00 bits per heavy atom. The van der Waals surface area contributed by atoms with Crippen molar-refractivity contribution in [3.8, 4) is 0 Å². The van der Waals surface area contributed by atoms with Crippen LogP contribution < -0.4 is 22.5 Å². The van der Waals surface area contributed by atoms with Gasteiger partial charge in [0.1, 0.15) is 0 Å². The van der Waals surface area contributed by atoms with Gasteiger partial charge in [-0.3, -0.25) is 27.9 Å². The SMILES string of the molecule is CCn1c(SCSc2nc3c(c(=O)n(C)c(=O)n3C)n2CC)nc2c1c(=O)n(C)c(=O)n2C. The standard InChI is InChI=1S/C19H24N8O4S2/c1-7-26-10-12(22(3)18(30)24(5)14(10)28)20-16(26)32-9-33-17-21-13-11(27(17)8-2)15(29)25(6)19(31)23(13)4/h7-9H2,1-6H3. The number of fused-ring (bicyclic) bond motifs is 2. The van der Waals surface area contributed by atoms with Crippen LogP contribution in [-0.2, 0) is 41.3 Å². The molecule has 0 fully saturated rings. The fourth-order valence-electron chi connectivity index (χ4n) is 3.80. The average molecular weight is 493 g/mol. The third-order valence-electron chi connectivity index (χ3n) is 5.63. The zero-order valence-corrected chi connectivity index (χ0v) is 20.8. The summed E-state index contributed by atoms with van der Waals surface area (Å²) in [4.78, 5) is 59.0. The number of hydrogen-bond donors (Lipinski definition) is 0. The molecular formula is C19H24N8O4S2. The molecule has 4 aromatic heterocycles. The highest BCUT2D eigenvalue weighted by atomic mass is 32.2. The summed E-state index contributed by atoms with van der Waals surface area (Å²) in [6.07, 6.45) is 0. The van der Waals surface area contributed by atoms with Gasteiger partial charge in [0.2, 0.25) is 0 Å². The summed E-state index contributed by atoms with van der Waals surface area (Å²) in [6, 6.07) is 0. The lowest BCUT2D eigenvalue weighted by Crippen LogP contribution is -2.37. The third-order valence-corrected chi connectivity index (χ3v) is 7.72. The monoisotopic (exact) mass is 492 g/mol. The van der Waals surface area contributed by atoms with Crippen molar-refractivity contribution < 1.29 is 0 Å². The van der Waals surface area contributed by atoms with Crippen LogP contribution in [0.15, 0.2) is 29.5 Å². The molecule has 4 aromatic rings. The van der Waals surface area contributed by atoms with Crippen LogP contribution in [0.4, 0.5) is 0 Å². The van der Waals surface area contributed by atoms with Crippen LogP contribution in [0, 0.1) is 0 Å². The van der Waals surface area contributed by atoms with Gasteiger partial charge in [0.15, 0.2) is 32.6 Å². The number of rotatable bonds is 6. The van der Waals surface area contributed by atoms with E-state index in [9.17, 15) is 19.2 Å². The molecule has 0 amide bonds. The number of aromatic nitrogens is 8. The molecule has 0 aromatic carbocycles. The normalized spacial score (nSPS) is 11.8. The summed E-state index contributed by atoms with van der Waals surface area (Å²) >= 11 is 2.82. The van der Waals surface area contributed by atoms with E-state index < -0.39 is 11.4 Å². The molecule has 0 saturated heterocycles. The van der Waals surface area contributed by atoms with Gasteiger partial charge in [-0.15, -0.1) is 0 Å². The summed E-state index contributed by atoms with van der Waals surface area (Å²) in [7, 11) is 6.09. The maximum absolute atomic E-state index is 12.7. The van der Waals surface area contributed by atoms with Crippen molar-refractivity contribution in [2.24, 2.45) is 28.2 Å². The lowest BCUT2D eigenvalue weighted by molar-refractivity contribution is 0.683. The molecule has 0 aliphatic rings. The maximum atomic E-state index is 12.7. The topological polar surface area (TPSA) is 124 Å². The predicted molar refractivity (Wildman–Crippen MR) is 128 cm³/mol. The van der Waals surface area contributed by atoms with Crippen molar-refractivity contribution in [1.82, 2.24) is 37.4 Å². The summed E-state index contributed by atoms with van der Waals surface area (Å²) in [5.74, 6) is 0. The minimum absolute atomic E-state index is 0.344. The molecule has 33 heavy (non-hydrogen) atoms. The molecular weight excluding hydrogens is 468 g/mol. The molecule has 0 spiro atoms. The van der Waals surface area contributed by atoms with Crippen molar-refractivity contribution in [3.05, 3.63) is 41.7 Å². The Kier molecular flexibility index (Phi) is 5.90. The fourth-order valence-corrected chi connectivity index (χ4v) is 5.93. The molecule has 0 atom stereocenters. The Balaban J connectivity index is 1.72. The van der Waals surface area contributed by atoms with Crippen LogP contribution in [0.5, 0.6) is 0 Å². The largest absolute Gasteiger partial charge is 0.332 e. The van der Waals surface area contributed by atoms with Crippen molar-refractivity contribution in [2.75, 3.05) is 5.08 Å². The Bertz CT molecular complexity index is 1530. The zero-order valence-electron chi connectivity index (χ0n) is 19.1. The van der Waals surface area contributed by atoms with E-state index in [1.165, 1.54) is 46.8 Å². The van der Waals surface area contributed by atoms with E-state index in [-0.39, 0.29) is 11.1 Å². The number of aryl methyl sites for hydroxylation is 4. The summed E-state index contributed by atoms with van der Waals surface area (Å²) in [5.41, 5.74) is -0.166. The Hall–Kier alpha value is -3.00. The number of hydrogen-bond acceptors (Lipinski definition) is 8. The molecule has 0 unspecified atom stereocenters. The van der Waals surface area contributed by atoms with Crippen LogP contribution in [0.3, 0.4) is 0 Å². The molecule has 0 radical (unpaired) electrons. The van der Waals surface area contributed by atoms with E-state index >= 15 is 0 Å². The second kappa shape index (κ2) is 8.41. The smallest absolute Gasteiger partial charge is 0.313 e. The zero-order chi connectivity index (χ0) is 24.2. The molecule has 0 N–H and O–H groups in total. The summed E-state index contributed by atoms with van der Waals surface area (Å²) < 4.78 is 8.48. The second-order valence-corrected chi connectivity index (χ2v) is 9.69. The molecule has 4 rings (SSSR count). The first-order valence-corrected chi connectivity index (χ1v) is 12.2. The van der Waals surface area contributed by atoms with E-state index in [1.807, 2.05) is 13.8 Å². The van der Waals surface area contributed by atoms with Gasteiger partial charge in [-0.25, -0.2) is 19.6 Å². The van der Waals surface area contributed by atoms with E-state index in [0.29, 0.717) is 50.8 Å². The van der Waals surface area contributed by atoms with Gasteiger partial charge in [-0.05, 0) is 13.8 Å². The molecule has 0 bridgehead atoms. The van der Waals surface area contributed by atoms with E-state index in [0.717, 1.165) is 9.13 Å². The highest BCUT2D eigenvalue weighted by molar-refractivity contribution is 8.15. The molecule has 0 aliphatic heterocycles. The van der Waals surface area contributed by atoms with Gasteiger partial charge in [0.05, 0.1) is 5.08 Å². The van der Waals surface area contributed by atoms with E-state index in [1.54, 1.807) is 23.2 Å². The average Bonchev–Trinajstić information content (AvgIpc) is 3.37. The van der Waals surface area contributed by atoms with E-state index in [2.05, 4.69) is 9.97 Å². The summed E-state index contributed by atoms with van der Waals surface area (Å²) in [6.45, 7) is 4.86. The van der Waals surface area contributed by atoms with E-state index in [4.69, 9.17) is 0 Å². The number of nitrogens with zero attached hydrogens (tertiary/aromatic N) is 8. The minimum Gasteiger partial charge on any atom is -0.313 e. The Morgan fingerprint density at radius 3 is 1.33 bits per heavy atom. The molecule has 4 heterocycles. The van der Waals surface area contributed by atoms with Crippen molar-refractivity contribution >= 4 is 45.9 Å². The fraction of sp³-hybridized carbons (Fsp3) is 0.474. The van der Waals surface area contributed by atoms with Crippen LogP contribution >= 0.6 is 23.5 Å². The number of imidazole rings is 2. The van der Waals surface area contributed by atoms with Crippen LogP contribution in [0.25, 0.3) is 22.3 Å². The Labute approximate surface area is 195 Å². The molecule has 12 nitrogen and oxygen atoms in total. The lowest BCUT2D eigenvalue weighted by atomic mass is 10.5. The highest BCUT2D eigenvalue weighted by Gasteiger charge is 2.21. The second-order valence-electron chi connectivity index (χ2n) is 7.44. The molecule has 0 aliphatic carbocycles. The lowest BCUT2D eigenvalue weighted by Gasteiger charge is -2.07. The van der Waals surface area contributed by atoms with Crippen molar-refractivity contribution in [3.63, 3.8) is 0 Å². The number of thioether (sulfide) groups is 2. The quantitative estimate of drug-likeness (QED) is 0.274. The first-order chi connectivity index (χ1) is 15.6. The van der Waals surface area contributed by atoms with Crippen molar-refractivity contribution in [2.45, 2.75) is 37.2 Å². The van der Waals surface area contributed by atoms with Crippen LogP contribution in [-0.4, -0.2) is 42.5 Å². The van der Waals surface area contributed by atoms with Gasteiger partial charge >= 0.3 is 11.4 Å². The Morgan fingerprint density at radius 1 is 0.636 bits per heavy atom. The molecule has 14 heteroatoms. The van der Waals surface area contributed by atoms with Gasteiger partial charge in [0.25, 0.3) is 11.1 Å². The van der Waals surface area contributed by atoms with Gasteiger partial charge in [-0.2, -0.15) is 0 Å². The van der Waals surface area contributed by atoms with Crippen molar-refractivity contribution in [1.29, 1.82) is 0 Å². The van der Waals surface area contributed by atoms with Crippen LogP contribution in [0.1, 0.15) is 13.8 Å². The van der Waals surface area contributed by atoms with Gasteiger partial charge < -0.3 is 9.13 Å². The molecule has 176 valence electrons. The van der Waals surface area contributed by atoms with Gasteiger partial charge in [0, 0.05) is 41.3 Å². The first-order valence-electron chi connectivity index (χ1n) is 10.2. The first kappa shape index (κ1) is 23.2. The van der Waals surface area contributed by atoms with Crippen LogP contribution in [0.2, 0.25) is 0 Å². The summed E-state index contributed by atoms with van der Waals surface area (Å²) in [5, 5.41) is 1.72. The maximum Gasteiger partial charge on any atom is 0.332 e. The third kappa shape index (κ3) is 3.39.